The second-order valence-corrected chi connectivity index (χ2v) is 4.83. The number of Topliss-reactive ketones (excluding diaryl/α,β-unsaturated/α-hetero) is 1. The minimum atomic E-state index is 0.163. The predicted molar refractivity (Wildman–Crippen MR) is 59.1 cm³/mol. The molecule has 1 aromatic carbocycles. The molecule has 2 nitrogen and oxygen atoms in total. The highest BCUT2D eigenvalue weighted by Gasteiger charge is 2.57. The number of nitrogens with one attached hydrogen (secondary N) is 1. The Morgan fingerprint density at radius 2 is 2.40 bits per heavy atom. The van der Waals surface area contributed by atoms with Crippen LogP contribution in [0.15, 0.2) is 24.3 Å². The Hall–Kier alpha value is -1.15. The number of piperidine rings is 1. The third-order valence-corrected chi connectivity index (χ3v) is 3.91. The van der Waals surface area contributed by atoms with Crippen LogP contribution in [0.25, 0.3) is 0 Å². The molecule has 2 fully saturated rings. The first-order valence-electron chi connectivity index (χ1n) is 5.54. The lowest BCUT2D eigenvalue weighted by atomic mass is 9.93. The Morgan fingerprint density at radius 3 is 3.00 bits per heavy atom. The van der Waals surface area contributed by atoms with E-state index in [-0.39, 0.29) is 5.78 Å². The molecule has 2 unspecified atom stereocenters. The fourth-order valence-corrected chi connectivity index (χ4v) is 2.84. The van der Waals surface area contributed by atoms with Crippen LogP contribution in [0.2, 0.25) is 0 Å². The van der Waals surface area contributed by atoms with Gasteiger partial charge in [0.25, 0.3) is 0 Å². The molecule has 1 aliphatic heterocycles. The van der Waals surface area contributed by atoms with Gasteiger partial charge in [-0.1, -0.05) is 18.2 Å². The van der Waals surface area contributed by atoms with Crippen LogP contribution in [0, 0.1) is 5.92 Å². The molecule has 0 amide bonds. The third-order valence-electron chi connectivity index (χ3n) is 3.91. The fourth-order valence-electron chi connectivity index (χ4n) is 2.84. The number of rotatable bonds is 2. The minimum absolute atomic E-state index is 0.163. The summed E-state index contributed by atoms with van der Waals surface area (Å²) < 4.78 is 0. The van der Waals surface area contributed by atoms with E-state index >= 15 is 0 Å². The van der Waals surface area contributed by atoms with Gasteiger partial charge in [0.15, 0.2) is 5.78 Å². The molecule has 0 radical (unpaired) electrons. The van der Waals surface area contributed by atoms with Crippen LogP contribution in [-0.2, 0) is 5.41 Å². The highest BCUT2D eigenvalue weighted by Crippen LogP contribution is 2.56. The summed E-state index contributed by atoms with van der Waals surface area (Å²) in [6, 6.07) is 8.16. The molecule has 1 aromatic rings. The summed E-state index contributed by atoms with van der Waals surface area (Å²) in [6.45, 7) is 3.86. The molecule has 1 saturated carbocycles. The summed E-state index contributed by atoms with van der Waals surface area (Å²) in [7, 11) is 0. The normalized spacial score (nSPS) is 32.5. The topological polar surface area (TPSA) is 29.1 Å². The van der Waals surface area contributed by atoms with Gasteiger partial charge in [-0.05, 0) is 37.4 Å². The summed E-state index contributed by atoms with van der Waals surface area (Å²) >= 11 is 0. The Balaban J connectivity index is 1.99. The van der Waals surface area contributed by atoms with Crippen molar-refractivity contribution >= 4 is 5.78 Å². The number of hydrogen-bond acceptors (Lipinski definition) is 2. The number of fused-ring (bicyclic) bond motifs is 1. The van der Waals surface area contributed by atoms with Crippen LogP contribution in [0.1, 0.15) is 29.3 Å². The molecule has 15 heavy (non-hydrogen) atoms. The molecule has 1 aliphatic carbocycles. The van der Waals surface area contributed by atoms with Crippen molar-refractivity contribution in [3.63, 3.8) is 0 Å². The highest BCUT2D eigenvalue weighted by molar-refractivity contribution is 5.94. The van der Waals surface area contributed by atoms with Gasteiger partial charge in [0, 0.05) is 17.5 Å². The van der Waals surface area contributed by atoms with Gasteiger partial charge in [-0.15, -0.1) is 0 Å². The maximum atomic E-state index is 11.3. The quantitative estimate of drug-likeness (QED) is 0.739. The number of hydrogen-bond donors (Lipinski definition) is 1. The summed E-state index contributed by atoms with van der Waals surface area (Å²) in [5.41, 5.74) is 2.57. The molecular weight excluding hydrogens is 186 g/mol. The first-order valence-corrected chi connectivity index (χ1v) is 5.54. The highest BCUT2D eigenvalue weighted by atomic mass is 16.1. The van der Waals surface area contributed by atoms with E-state index in [4.69, 9.17) is 0 Å². The second-order valence-electron chi connectivity index (χ2n) is 4.83. The van der Waals surface area contributed by atoms with Crippen molar-refractivity contribution in [3.05, 3.63) is 35.4 Å². The predicted octanol–water partition coefficient (Wildman–Crippen LogP) is 1.75. The molecule has 3 rings (SSSR count). The largest absolute Gasteiger partial charge is 0.316 e. The molecule has 78 valence electrons. The van der Waals surface area contributed by atoms with Crippen LogP contribution >= 0.6 is 0 Å². The summed E-state index contributed by atoms with van der Waals surface area (Å²) in [6.07, 6.45) is 1.29. The van der Waals surface area contributed by atoms with Gasteiger partial charge < -0.3 is 5.32 Å². The van der Waals surface area contributed by atoms with E-state index in [2.05, 4.69) is 17.4 Å². The first-order chi connectivity index (χ1) is 7.22. The molecular formula is C13H15NO. The maximum Gasteiger partial charge on any atom is 0.159 e. The monoisotopic (exact) mass is 201 g/mol. The van der Waals surface area contributed by atoms with Crippen LogP contribution in [0.3, 0.4) is 0 Å². The Kier molecular flexibility index (Phi) is 1.77. The van der Waals surface area contributed by atoms with E-state index in [0.29, 0.717) is 5.41 Å². The average Bonchev–Trinajstić information content (AvgIpc) is 2.82. The van der Waals surface area contributed by atoms with Crippen LogP contribution in [0.5, 0.6) is 0 Å². The molecule has 2 atom stereocenters. The lowest BCUT2D eigenvalue weighted by molar-refractivity contribution is 0.101. The molecule has 0 spiro atoms. The Morgan fingerprint density at radius 1 is 1.53 bits per heavy atom. The molecule has 1 heterocycles. The Labute approximate surface area is 89.7 Å². The SMILES string of the molecule is CC(=O)c1cccc(C23CNCC2C3)c1. The minimum Gasteiger partial charge on any atom is -0.316 e. The third kappa shape index (κ3) is 1.25. The summed E-state index contributed by atoms with van der Waals surface area (Å²) in [4.78, 5) is 11.3. The lowest BCUT2D eigenvalue weighted by Gasteiger charge is -2.12. The van der Waals surface area contributed by atoms with Gasteiger partial charge in [-0.3, -0.25) is 4.79 Å². The smallest absolute Gasteiger partial charge is 0.159 e. The second kappa shape index (κ2) is 2.92. The Bertz CT molecular complexity index is 426. The number of benzene rings is 1. The molecule has 2 aliphatic rings. The van der Waals surface area contributed by atoms with Gasteiger partial charge in [0.1, 0.15) is 0 Å². The molecule has 0 bridgehead atoms. The van der Waals surface area contributed by atoms with E-state index in [0.717, 1.165) is 24.6 Å². The lowest BCUT2D eigenvalue weighted by Crippen LogP contribution is -2.19. The fraction of sp³-hybridized carbons (Fsp3) is 0.462. The van der Waals surface area contributed by atoms with E-state index in [1.165, 1.54) is 12.0 Å². The number of ketones is 1. The summed E-state index contributed by atoms with van der Waals surface area (Å²) in [5, 5.41) is 3.42. The molecule has 1 N–H and O–H groups in total. The zero-order chi connectivity index (χ0) is 10.5. The van der Waals surface area contributed by atoms with Gasteiger partial charge in [-0.25, -0.2) is 0 Å². The molecule has 2 heteroatoms. The molecule has 1 saturated heterocycles. The van der Waals surface area contributed by atoms with E-state index in [1.54, 1.807) is 6.92 Å². The van der Waals surface area contributed by atoms with Crippen molar-refractivity contribution in [2.24, 2.45) is 5.92 Å². The number of carbonyl (C=O) groups excluding carboxylic acids is 1. The molecule has 0 aromatic heterocycles. The van der Waals surface area contributed by atoms with Crippen LogP contribution in [-0.4, -0.2) is 18.9 Å². The van der Waals surface area contributed by atoms with Crippen molar-refractivity contribution < 1.29 is 4.79 Å². The van der Waals surface area contributed by atoms with Crippen LogP contribution in [0.4, 0.5) is 0 Å². The first kappa shape index (κ1) is 9.10. The van der Waals surface area contributed by atoms with Crippen molar-refractivity contribution in [2.45, 2.75) is 18.8 Å². The van der Waals surface area contributed by atoms with Crippen molar-refractivity contribution in [3.8, 4) is 0 Å². The maximum absolute atomic E-state index is 11.3. The van der Waals surface area contributed by atoms with Gasteiger partial charge in [-0.2, -0.15) is 0 Å². The summed E-state index contributed by atoms with van der Waals surface area (Å²) in [5.74, 6) is 0.969. The van der Waals surface area contributed by atoms with E-state index in [1.807, 2.05) is 12.1 Å². The zero-order valence-electron chi connectivity index (χ0n) is 8.92. The van der Waals surface area contributed by atoms with Crippen molar-refractivity contribution in [1.29, 1.82) is 0 Å². The van der Waals surface area contributed by atoms with E-state index in [9.17, 15) is 4.79 Å². The van der Waals surface area contributed by atoms with E-state index < -0.39 is 0 Å². The zero-order valence-corrected chi connectivity index (χ0v) is 8.92. The van der Waals surface area contributed by atoms with Gasteiger partial charge in [0.2, 0.25) is 0 Å². The van der Waals surface area contributed by atoms with Gasteiger partial charge in [0.05, 0.1) is 0 Å². The average molecular weight is 201 g/mol. The van der Waals surface area contributed by atoms with Crippen molar-refractivity contribution in [2.75, 3.05) is 13.1 Å². The number of carbonyl (C=O) groups is 1. The van der Waals surface area contributed by atoms with Crippen molar-refractivity contribution in [1.82, 2.24) is 5.32 Å². The van der Waals surface area contributed by atoms with Crippen LogP contribution < -0.4 is 5.32 Å². The van der Waals surface area contributed by atoms with Gasteiger partial charge >= 0.3 is 0 Å². The standard InChI is InChI=1S/C13H15NO/c1-9(15)10-3-2-4-11(5-10)13-6-12(13)7-14-8-13/h2-5,12,14H,6-8H2,1H3.